The second-order valence-electron chi connectivity index (χ2n) is 6.75. The molecule has 3 rings (SSSR count). The molecule has 1 atom stereocenters. The molecule has 2 aliphatic rings. The van der Waals surface area contributed by atoms with Crippen LogP contribution in [-0.4, -0.2) is 46.4 Å². The minimum atomic E-state index is -0.329. The lowest BCUT2D eigenvalue weighted by Crippen LogP contribution is -2.55. The number of aromatic amines is 1. The van der Waals surface area contributed by atoms with Crippen LogP contribution in [0.5, 0.6) is 0 Å². The zero-order valence-corrected chi connectivity index (χ0v) is 13.5. The molecule has 1 spiro atoms. The second-order valence-corrected chi connectivity index (χ2v) is 6.75. The van der Waals surface area contributed by atoms with Gasteiger partial charge in [-0.1, -0.05) is 0 Å². The molecule has 2 N–H and O–H groups in total. The summed E-state index contributed by atoms with van der Waals surface area (Å²) in [5.41, 5.74) is 2.38. The van der Waals surface area contributed by atoms with E-state index >= 15 is 0 Å². The summed E-state index contributed by atoms with van der Waals surface area (Å²) in [5, 5.41) is 10.3. The Balaban J connectivity index is 1.65. The highest BCUT2D eigenvalue weighted by molar-refractivity contribution is 5.23. The fraction of sp³-hybridized carbons (Fsp3) is 0.706. The van der Waals surface area contributed by atoms with Crippen molar-refractivity contribution in [1.29, 1.82) is 0 Å². The molecule has 2 aliphatic heterocycles. The van der Waals surface area contributed by atoms with Gasteiger partial charge in [-0.15, -0.1) is 0 Å². The van der Waals surface area contributed by atoms with Crippen molar-refractivity contribution < 1.29 is 9.84 Å². The van der Waals surface area contributed by atoms with Gasteiger partial charge in [0.15, 0.2) is 5.43 Å². The lowest BCUT2D eigenvalue weighted by atomic mass is 9.82. The maximum Gasteiger partial charge on any atom is 0.187 e. The zero-order chi connectivity index (χ0) is 15.7. The zero-order valence-electron chi connectivity index (χ0n) is 13.5. The molecule has 122 valence electrons. The predicted molar refractivity (Wildman–Crippen MR) is 85.0 cm³/mol. The molecule has 0 saturated carbocycles. The second kappa shape index (κ2) is 6.14. The molecule has 1 aromatic rings. The number of hydrogen-bond acceptors (Lipinski definition) is 4. The van der Waals surface area contributed by atoms with E-state index in [9.17, 15) is 9.90 Å². The van der Waals surface area contributed by atoms with Crippen molar-refractivity contribution in [3.8, 4) is 0 Å². The maximum atomic E-state index is 12.0. The van der Waals surface area contributed by atoms with Gasteiger partial charge < -0.3 is 14.8 Å². The number of H-pyrrole nitrogens is 1. The molecule has 0 aliphatic carbocycles. The van der Waals surface area contributed by atoms with Crippen molar-refractivity contribution in [3.05, 3.63) is 33.2 Å². The molecular formula is C17H26N2O3. The van der Waals surface area contributed by atoms with E-state index in [1.807, 2.05) is 13.8 Å². The first-order valence-corrected chi connectivity index (χ1v) is 8.24. The van der Waals surface area contributed by atoms with E-state index in [1.54, 1.807) is 6.20 Å². The molecule has 2 fully saturated rings. The summed E-state index contributed by atoms with van der Waals surface area (Å²) in [5.74, 6) is 0. The van der Waals surface area contributed by atoms with Crippen molar-refractivity contribution >= 4 is 0 Å². The highest BCUT2D eigenvalue weighted by atomic mass is 16.5. The summed E-state index contributed by atoms with van der Waals surface area (Å²) in [7, 11) is 0. The van der Waals surface area contributed by atoms with Gasteiger partial charge in [-0.3, -0.25) is 9.69 Å². The van der Waals surface area contributed by atoms with Gasteiger partial charge in [0.2, 0.25) is 0 Å². The van der Waals surface area contributed by atoms with Crippen LogP contribution in [0.1, 0.15) is 42.5 Å². The number of nitrogens with zero attached hydrogens (tertiary/aromatic N) is 1. The normalized spacial score (nSPS) is 25.5. The Morgan fingerprint density at radius 2 is 2.14 bits per heavy atom. The average Bonchev–Trinajstić information content (AvgIpc) is 2.53. The summed E-state index contributed by atoms with van der Waals surface area (Å²) >= 11 is 0. The number of likely N-dealkylation sites (tertiary alicyclic amines) is 1. The summed E-state index contributed by atoms with van der Waals surface area (Å²) in [4.78, 5) is 17.6. The van der Waals surface area contributed by atoms with E-state index in [4.69, 9.17) is 4.74 Å². The van der Waals surface area contributed by atoms with Crippen molar-refractivity contribution in [1.82, 2.24) is 9.88 Å². The lowest BCUT2D eigenvalue weighted by molar-refractivity contribution is -0.177. The quantitative estimate of drug-likeness (QED) is 0.869. The van der Waals surface area contributed by atoms with Crippen LogP contribution in [0.2, 0.25) is 0 Å². The van der Waals surface area contributed by atoms with E-state index in [0.717, 1.165) is 68.7 Å². The van der Waals surface area contributed by atoms with E-state index in [0.29, 0.717) is 0 Å². The van der Waals surface area contributed by atoms with E-state index in [2.05, 4.69) is 9.88 Å². The van der Waals surface area contributed by atoms with Gasteiger partial charge in [-0.25, -0.2) is 0 Å². The monoisotopic (exact) mass is 306 g/mol. The smallest absolute Gasteiger partial charge is 0.187 e. The molecule has 5 nitrogen and oxygen atoms in total. The summed E-state index contributed by atoms with van der Waals surface area (Å²) < 4.78 is 5.94. The summed E-state index contributed by atoms with van der Waals surface area (Å²) in [6, 6.07) is 0. The Kier molecular flexibility index (Phi) is 4.39. The predicted octanol–water partition coefficient (Wildman–Crippen LogP) is 1.50. The van der Waals surface area contributed by atoms with E-state index in [-0.39, 0.29) is 17.1 Å². The largest absolute Gasteiger partial charge is 0.390 e. The first-order valence-electron chi connectivity index (χ1n) is 8.24. The van der Waals surface area contributed by atoms with Gasteiger partial charge in [-0.05, 0) is 39.5 Å². The van der Waals surface area contributed by atoms with E-state index in [1.165, 1.54) is 0 Å². The number of aryl methyl sites for hydroxylation is 1. The molecule has 0 bridgehead atoms. The Hall–Kier alpha value is -1.17. The summed E-state index contributed by atoms with van der Waals surface area (Å²) in [6.07, 6.45) is 5.00. The van der Waals surface area contributed by atoms with Crippen LogP contribution in [0, 0.1) is 13.8 Å². The minimum absolute atomic E-state index is 0.133. The van der Waals surface area contributed by atoms with Crippen LogP contribution in [0.4, 0.5) is 0 Å². The molecule has 0 unspecified atom stereocenters. The van der Waals surface area contributed by atoms with Crippen LogP contribution >= 0.6 is 0 Å². The highest BCUT2D eigenvalue weighted by Gasteiger charge is 2.43. The molecule has 5 heteroatoms. The maximum absolute atomic E-state index is 12.0. The third-order valence-electron chi connectivity index (χ3n) is 5.32. The van der Waals surface area contributed by atoms with Crippen molar-refractivity contribution in [2.24, 2.45) is 0 Å². The van der Waals surface area contributed by atoms with Crippen LogP contribution < -0.4 is 5.43 Å². The summed E-state index contributed by atoms with van der Waals surface area (Å²) in [6.45, 7) is 7.04. The number of aliphatic hydroxyl groups excluding tert-OH is 1. The standard InChI is InChI=1S/C17H26N2O3/c1-12-10-18-14(13(2)16(12)21)11-19-7-5-17(6-8-19)15(20)4-3-9-22-17/h10,15,20H,3-9,11H2,1-2H3,(H,18,21)/t15-/m1/s1. The van der Waals surface area contributed by atoms with Gasteiger partial charge in [0, 0.05) is 49.3 Å². The number of rotatable bonds is 2. The lowest BCUT2D eigenvalue weighted by Gasteiger charge is -2.46. The molecule has 22 heavy (non-hydrogen) atoms. The van der Waals surface area contributed by atoms with Gasteiger partial charge >= 0.3 is 0 Å². The Morgan fingerprint density at radius 1 is 1.41 bits per heavy atom. The number of aromatic nitrogens is 1. The number of piperidine rings is 1. The van der Waals surface area contributed by atoms with E-state index < -0.39 is 0 Å². The molecule has 3 heterocycles. The van der Waals surface area contributed by atoms with Crippen molar-refractivity contribution in [3.63, 3.8) is 0 Å². The van der Waals surface area contributed by atoms with Gasteiger partial charge in [0.25, 0.3) is 0 Å². The third kappa shape index (κ3) is 2.85. The molecular weight excluding hydrogens is 280 g/mol. The SMILES string of the molecule is Cc1c[nH]c(CN2CCC3(CC2)OCCC[C@H]3O)c(C)c1=O. The van der Waals surface area contributed by atoms with Gasteiger partial charge in [0.05, 0.1) is 11.7 Å². The van der Waals surface area contributed by atoms with Crippen LogP contribution in [-0.2, 0) is 11.3 Å². The number of hydrogen-bond donors (Lipinski definition) is 2. The van der Waals surface area contributed by atoms with Crippen LogP contribution in [0.15, 0.2) is 11.0 Å². The fourth-order valence-corrected chi connectivity index (χ4v) is 3.67. The minimum Gasteiger partial charge on any atom is -0.390 e. The number of pyridine rings is 1. The first kappa shape index (κ1) is 15.7. The van der Waals surface area contributed by atoms with Crippen LogP contribution in [0.25, 0.3) is 0 Å². The number of ether oxygens (including phenoxy) is 1. The number of aliphatic hydroxyl groups is 1. The molecule has 1 aromatic heterocycles. The highest BCUT2D eigenvalue weighted by Crippen LogP contribution is 2.35. The first-order chi connectivity index (χ1) is 10.5. The van der Waals surface area contributed by atoms with Gasteiger partial charge in [-0.2, -0.15) is 0 Å². The van der Waals surface area contributed by atoms with Crippen molar-refractivity contribution in [2.45, 2.75) is 57.8 Å². The third-order valence-corrected chi connectivity index (χ3v) is 5.32. The Bertz CT molecular complexity index is 588. The van der Waals surface area contributed by atoms with Crippen LogP contribution in [0.3, 0.4) is 0 Å². The topological polar surface area (TPSA) is 65.6 Å². The van der Waals surface area contributed by atoms with Gasteiger partial charge in [0.1, 0.15) is 0 Å². The van der Waals surface area contributed by atoms with Crippen molar-refractivity contribution in [2.75, 3.05) is 19.7 Å². The molecule has 0 aromatic carbocycles. The Labute approximate surface area is 131 Å². The average molecular weight is 306 g/mol. The molecule has 2 saturated heterocycles. The number of nitrogens with one attached hydrogen (secondary N) is 1. The molecule has 0 radical (unpaired) electrons. The molecule has 0 amide bonds. The fourth-order valence-electron chi connectivity index (χ4n) is 3.67. The Morgan fingerprint density at radius 3 is 2.82 bits per heavy atom.